The first-order chi connectivity index (χ1) is 16.8. The highest BCUT2D eigenvalue weighted by Gasteiger charge is 2.16. The second kappa shape index (κ2) is 10.5. The lowest BCUT2D eigenvalue weighted by Gasteiger charge is -2.12. The smallest absolute Gasteiger partial charge is 0.263 e. The minimum Gasteiger partial charge on any atom is -0.481 e. The molecule has 0 aliphatic rings. The number of nitrogens with one attached hydrogen (secondary N) is 3. The number of rotatable bonds is 7. The summed E-state index contributed by atoms with van der Waals surface area (Å²) in [5.41, 5.74) is 1.41. The fourth-order valence-electron chi connectivity index (χ4n) is 3.37. The molecule has 0 saturated heterocycles. The maximum atomic E-state index is 12.6. The lowest BCUT2D eigenvalue weighted by Crippen LogP contribution is -2.35. The summed E-state index contributed by atoms with van der Waals surface area (Å²) in [5, 5.41) is 7.72. The van der Waals surface area contributed by atoms with Gasteiger partial charge in [-0.1, -0.05) is 42.5 Å². The molecule has 178 valence electrons. The quantitative estimate of drug-likeness (QED) is 0.325. The molecule has 11 heteroatoms. The van der Waals surface area contributed by atoms with Gasteiger partial charge in [0, 0.05) is 11.8 Å². The number of benzene rings is 3. The number of hydrogen-bond acceptors (Lipinski definition) is 7. The second-order valence-corrected chi connectivity index (χ2v) is 9.48. The molecule has 35 heavy (non-hydrogen) atoms. The van der Waals surface area contributed by atoms with E-state index in [1.165, 1.54) is 43.8 Å². The molecule has 0 spiro atoms. The van der Waals surface area contributed by atoms with Crippen molar-refractivity contribution in [1.82, 2.24) is 15.3 Å². The SMILES string of the molecule is COc1cc(NS(=O)(=O)c2ccc(NC(=S)NC(=O)Cc3cccc4ccccc34)cc2)ncn1. The van der Waals surface area contributed by atoms with Crippen molar-refractivity contribution in [2.75, 3.05) is 17.1 Å². The zero-order valence-corrected chi connectivity index (χ0v) is 20.2. The van der Waals surface area contributed by atoms with Crippen molar-refractivity contribution in [2.24, 2.45) is 0 Å². The van der Waals surface area contributed by atoms with Crippen LogP contribution < -0.4 is 20.1 Å². The summed E-state index contributed by atoms with van der Waals surface area (Å²) in [6.07, 6.45) is 1.36. The molecule has 1 heterocycles. The third-order valence-electron chi connectivity index (χ3n) is 5.00. The van der Waals surface area contributed by atoms with Gasteiger partial charge in [0.2, 0.25) is 11.8 Å². The zero-order chi connectivity index (χ0) is 24.8. The van der Waals surface area contributed by atoms with Crippen LogP contribution in [0.25, 0.3) is 10.8 Å². The van der Waals surface area contributed by atoms with Crippen LogP contribution in [0.15, 0.2) is 84.0 Å². The molecule has 0 saturated carbocycles. The number of ether oxygens (including phenoxy) is 1. The van der Waals surface area contributed by atoms with Gasteiger partial charge in [-0.3, -0.25) is 9.52 Å². The topological polar surface area (TPSA) is 122 Å². The van der Waals surface area contributed by atoms with Crippen molar-refractivity contribution in [2.45, 2.75) is 11.3 Å². The van der Waals surface area contributed by atoms with E-state index in [0.29, 0.717) is 5.69 Å². The molecular weight excluding hydrogens is 486 g/mol. The first-order valence-electron chi connectivity index (χ1n) is 10.4. The number of carbonyl (C=O) groups excluding carboxylic acids is 1. The number of thiocarbonyl (C=S) groups is 1. The number of fused-ring (bicyclic) bond motifs is 1. The van der Waals surface area contributed by atoms with Crippen LogP contribution in [0.2, 0.25) is 0 Å². The van der Waals surface area contributed by atoms with Crippen LogP contribution in [0.3, 0.4) is 0 Å². The van der Waals surface area contributed by atoms with Crippen LogP contribution in [-0.4, -0.2) is 36.5 Å². The molecule has 9 nitrogen and oxygen atoms in total. The lowest BCUT2D eigenvalue weighted by atomic mass is 10.0. The molecule has 0 fully saturated rings. The fourth-order valence-corrected chi connectivity index (χ4v) is 4.60. The highest BCUT2D eigenvalue weighted by atomic mass is 32.2. The van der Waals surface area contributed by atoms with Gasteiger partial charge < -0.3 is 15.4 Å². The van der Waals surface area contributed by atoms with Gasteiger partial charge in [0.25, 0.3) is 10.0 Å². The van der Waals surface area contributed by atoms with Crippen LogP contribution in [-0.2, 0) is 21.2 Å². The average Bonchev–Trinajstić information content (AvgIpc) is 2.84. The standard InChI is InChI=1S/C24H21N5O4S2/c1-33-23-14-21(25-15-26-23)29-35(31,32)19-11-9-18(10-12-19)27-24(34)28-22(30)13-17-7-4-6-16-5-2-3-8-20(16)17/h2-12,14-15H,13H2,1H3,(H,25,26,29)(H2,27,28,30,34). The number of hydrogen-bond donors (Lipinski definition) is 3. The summed E-state index contributed by atoms with van der Waals surface area (Å²) < 4.78 is 32.6. The van der Waals surface area contributed by atoms with Crippen molar-refractivity contribution in [1.29, 1.82) is 0 Å². The van der Waals surface area contributed by atoms with E-state index < -0.39 is 10.0 Å². The van der Waals surface area contributed by atoms with Crippen LogP contribution in [0, 0.1) is 0 Å². The van der Waals surface area contributed by atoms with E-state index >= 15 is 0 Å². The largest absolute Gasteiger partial charge is 0.481 e. The van der Waals surface area contributed by atoms with E-state index in [0.717, 1.165) is 16.3 Å². The normalized spacial score (nSPS) is 11.0. The van der Waals surface area contributed by atoms with Gasteiger partial charge in [0.05, 0.1) is 18.4 Å². The molecule has 4 rings (SSSR count). The Kier molecular flexibility index (Phi) is 7.18. The summed E-state index contributed by atoms with van der Waals surface area (Å²) >= 11 is 5.24. The lowest BCUT2D eigenvalue weighted by molar-refractivity contribution is -0.119. The highest BCUT2D eigenvalue weighted by Crippen LogP contribution is 2.20. The van der Waals surface area contributed by atoms with Gasteiger partial charge in [-0.25, -0.2) is 18.4 Å². The Balaban J connectivity index is 1.36. The van der Waals surface area contributed by atoms with E-state index in [-0.39, 0.29) is 34.0 Å². The van der Waals surface area contributed by atoms with Gasteiger partial charge >= 0.3 is 0 Å². The maximum absolute atomic E-state index is 12.6. The zero-order valence-electron chi connectivity index (χ0n) is 18.6. The molecule has 0 radical (unpaired) electrons. The molecule has 4 aromatic rings. The summed E-state index contributed by atoms with van der Waals surface area (Å²) in [6, 6.07) is 20.9. The summed E-state index contributed by atoms with van der Waals surface area (Å²) in [5.74, 6) is 0.0462. The number of amides is 1. The Labute approximate surface area is 207 Å². The summed E-state index contributed by atoms with van der Waals surface area (Å²) in [7, 11) is -2.46. The van der Waals surface area contributed by atoms with E-state index in [4.69, 9.17) is 17.0 Å². The minimum absolute atomic E-state index is 0.0199. The Morgan fingerprint density at radius 2 is 1.74 bits per heavy atom. The number of anilines is 2. The molecule has 0 aliphatic carbocycles. The second-order valence-electron chi connectivity index (χ2n) is 7.39. The average molecular weight is 508 g/mol. The molecule has 3 aromatic carbocycles. The summed E-state index contributed by atoms with van der Waals surface area (Å²) in [6.45, 7) is 0. The third kappa shape index (κ3) is 6.08. The molecular formula is C24H21N5O4S2. The summed E-state index contributed by atoms with van der Waals surface area (Å²) in [4.78, 5) is 20.3. The molecule has 0 unspecified atom stereocenters. The van der Waals surface area contributed by atoms with Crippen molar-refractivity contribution < 1.29 is 17.9 Å². The van der Waals surface area contributed by atoms with E-state index in [1.807, 2.05) is 42.5 Å². The Bertz CT molecular complexity index is 1490. The van der Waals surface area contributed by atoms with Crippen LogP contribution in [0.4, 0.5) is 11.5 Å². The van der Waals surface area contributed by atoms with Crippen molar-refractivity contribution in [3.8, 4) is 5.88 Å². The predicted molar refractivity (Wildman–Crippen MR) is 138 cm³/mol. The van der Waals surface area contributed by atoms with Gasteiger partial charge in [-0.05, 0) is 52.8 Å². The first kappa shape index (κ1) is 24.0. The first-order valence-corrected chi connectivity index (χ1v) is 12.3. The molecule has 0 atom stereocenters. The number of methoxy groups -OCH3 is 1. The molecule has 1 amide bonds. The number of nitrogens with zero attached hydrogens (tertiary/aromatic N) is 2. The minimum atomic E-state index is -3.88. The monoisotopic (exact) mass is 507 g/mol. The molecule has 1 aromatic heterocycles. The Hall–Kier alpha value is -4.09. The number of sulfonamides is 1. The maximum Gasteiger partial charge on any atom is 0.263 e. The van der Waals surface area contributed by atoms with Crippen LogP contribution in [0.5, 0.6) is 5.88 Å². The van der Waals surface area contributed by atoms with Gasteiger partial charge in [-0.2, -0.15) is 0 Å². The van der Waals surface area contributed by atoms with Crippen LogP contribution in [0.1, 0.15) is 5.56 Å². The van der Waals surface area contributed by atoms with Gasteiger partial charge in [0.1, 0.15) is 12.1 Å². The Morgan fingerprint density at radius 1 is 1.00 bits per heavy atom. The van der Waals surface area contributed by atoms with Crippen molar-refractivity contribution in [3.05, 3.63) is 84.7 Å². The van der Waals surface area contributed by atoms with E-state index in [2.05, 4.69) is 25.3 Å². The molecule has 3 N–H and O–H groups in total. The predicted octanol–water partition coefficient (Wildman–Crippen LogP) is 3.49. The van der Waals surface area contributed by atoms with Crippen LogP contribution >= 0.6 is 12.2 Å². The highest BCUT2D eigenvalue weighted by molar-refractivity contribution is 7.92. The van der Waals surface area contributed by atoms with Gasteiger partial charge in [-0.15, -0.1) is 0 Å². The Morgan fingerprint density at radius 3 is 2.51 bits per heavy atom. The number of aromatic nitrogens is 2. The fraction of sp³-hybridized carbons (Fsp3) is 0.0833. The van der Waals surface area contributed by atoms with Gasteiger partial charge in [0.15, 0.2) is 5.11 Å². The van der Waals surface area contributed by atoms with Crippen molar-refractivity contribution in [3.63, 3.8) is 0 Å². The molecule has 0 aliphatic heterocycles. The van der Waals surface area contributed by atoms with E-state index in [9.17, 15) is 13.2 Å². The number of carbonyl (C=O) groups is 1. The third-order valence-corrected chi connectivity index (χ3v) is 6.57. The van der Waals surface area contributed by atoms with Crippen molar-refractivity contribution >= 4 is 55.5 Å². The molecule has 0 bridgehead atoms. The van der Waals surface area contributed by atoms with E-state index in [1.54, 1.807) is 0 Å².